The average molecular weight is 766 g/mol. The minimum absolute atomic E-state index is 0.0334. The van der Waals surface area contributed by atoms with Crippen LogP contribution in [0.5, 0.6) is 0 Å². The van der Waals surface area contributed by atoms with Crippen molar-refractivity contribution >= 4 is 63.8 Å². The van der Waals surface area contributed by atoms with E-state index in [1.54, 1.807) is 18.5 Å². The number of amides is 2. The SMILES string of the molecule is Cc1cc(C(=O)N2CCC(CC(=O)Nc3ccc4cc3CCc3cncc(c3)Nc3ncc(Cl)c(n3)N4)CC2)n[nH]1.O=C(C(=O)C(F)(F)F)C(F)(F)F. The zero-order valence-corrected chi connectivity index (χ0v) is 28.4. The largest absolute Gasteiger partial charge is 0.458 e. The molecular weight excluding hydrogens is 736 g/mol. The Bertz CT molecular complexity index is 1990. The Morgan fingerprint density at radius 2 is 1.60 bits per heavy atom. The number of H-pyrrole nitrogens is 1. The molecule has 0 spiro atoms. The van der Waals surface area contributed by atoms with E-state index in [1.807, 2.05) is 42.3 Å². The number of nitrogens with one attached hydrogen (secondary N) is 4. The predicted molar refractivity (Wildman–Crippen MR) is 179 cm³/mol. The van der Waals surface area contributed by atoms with Crippen molar-refractivity contribution in [2.45, 2.75) is 51.4 Å². The normalized spacial score (nSPS) is 14.5. The van der Waals surface area contributed by atoms with E-state index in [0.29, 0.717) is 48.4 Å². The first kappa shape index (κ1) is 38.6. The summed E-state index contributed by atoms with van der Waals surface area (Å²) in [6, 6.07) is 9.59. The number of Topliss-reactive ketones (excluding diaryl/α,β-unsaturated/α-hetero) is 2. The number of aromatic nitrogens is 5. The summed E-state index contributed by atoms with van der Waals surface area (Å²) in [5, 5.41) is 16.9. The van der Waals surface area contributed by atoms with Crippen LogP contribution >= 0.6 is 11.6 Å². The quantitative estimate of drug-likeness (QED) is 0.134. The highest BCUT2D eigenvalue weighted by Gasteiger charge is 2.54. The first-order valence-corrected chi connectivity index (χ1v) is 16.3. The van der Waals surface area contributed by atoms with Gasteiger partial charge in [-0.25, -0.2) is 4.98 Å². The molecule has 2 amide bonds. The number of anilines is 5. The Balaban J connectivity index is 0.000000390. The van der Waals surface area contributed by atoms with Gasteiger partial charge in [-0.05, 0) is 80.0 Å². The highest BCUT2D eigenvalue weighted by molar-refractivity contribution is 6.41. The number of halogens is 7. The molecule has 4 N–H and O–H groups in total. The number of ketones is 2. The van der Waals surface area contributed by atoms with Crippen molar-refractivity contribution in [2.24, 2.45) is 5.92 Å². The first-order chi connectivity index (χ1) is 25.0. The summed E-state index contributed by atoms with van der Waals surface area (Å²) >= 11 is 6.37. The monoisotopic (exact) mass is 765 g/mol. The maximum atomic E-state index is 13.1. The number of benzene rings is 1. The van der Waals surface area contributed by atoms with Crippen LogP contribution in [-0.4, -0.2) is 78.9 Å². The summed E-state index contributed by atoms with van der Waals surface area (Å²) in [6.07, 6.45) is -3.06. The molecule has 6 bridgehead atoms. The van der Waals surface area contributed by atoms with Crippen molar-refractivity contribution in [1.82, 2.24) is 30.0 Å². The van der Waals surface area contributed by atoms with Crippen LogP contribution in [0.2, 0.25) is 5.02 Å². The number of piperidine rings is 1. The van der Waals surface area contributed by atoms with Crippen molar-refractivity contribution in [2.75, 3.05) is 29.0 Å². The van der Waals surface area contributed by atoms with Crippen LogP contribution in [-0.2, 0) is 27.2 Å². The van der Waals surface area contributed by atoms with Crippen LogP contribution in [0.4, 0.5) is 55.2 Å². The van der Waals surface area contributed by atoms with E-state index in [9.17, 15) is 45.5 Å². The van der Waals surface area contributed by atoms with Crippen molar-refractivity contribution in [3.63, 3.8) is 0 Å². The van der Waals surface area contributed by atoms with Gasteiger partial charge in [0.15, 0.2) is 5.82 Å². The van der Waals surface area contributed by atoms with Crippen LogP contribution in [0.1, 0.15) is 46.6 Å². The van der Waals surface area contributed by atoms with Gasteiger partial charge in [-0.1, -0.05) is 11.6 Å². The molecular formula is C33H30ClF6N9O4. The minimum atomic E-state index is -5.77. The summed E-state index contributed by atoms with van der Waals surface area (Å²) in [4.78, 5) is 60.1. The van der Waals surface area contributed by atoms with E-state index in [1.165, 1.54) is 0 Å². The fourth-order valence-corrected chi connectivity index (χ4v) is 5.64. The highest BCUT2D eigenvalue weighted by Crippen LogP contribution is 2.30. The van der Waals surface area contributed by atoms with E-state index >= 15 is 0 Å². The second-order valence-electron chi connectivity index (χ2n) is 12.2. The fourth-order valence-electron chi connectivity index (χ4n) is 5.50. The molecule has 20 heteroatoms. The van der Waals surface area contributed by atoms with Crippen LogP contribution in [0, 0.1) is 12.8 Å². The summed E-state index contributed by atoms with van der Waals surface area (Å²) in [5.41, 5.74) is 5.68. The number of likely N-dealkylation sites (tertiary alicyclic amines) is 1. The van der Waals surface area contributed by atoms with Gasteiger partial charge in [-0.3, -0.25) is 29.3 Å². The molecule has 0 saturated carbocycles. The molecule has 4 aromatic rings. The third-order valence-electron chi connectivity index (χ3n) is 8.14. The molecule has 53 heavy (non-hydrogen) atoms. The molecule has 0 atom stereocenters. The lowest BCUT2D eigenvalue weighted by Gasteiger charge is -2.31. The molecule has 3 aromatic heterocycles. The minimum Gasteiger partial charge on any atom is -0.339 e. The standard InChI is InChI=1S/C29H30ClN9O2.C4F6O2/c1-17-10-25(38-37-17)28(41)39-8-6-18(7-9-39)12-26(40)35-24-5-4-21-13-20(24)3-2-19-11-22(15-31-14-19)34-29-32-16-23(30)27(33-21)36-29;5-3(6,7)1(11)2(12)4(8,9)10/h4-5,10-11,13-16,18H,2-3,6-9,12H2,1H3,(H,35,40)(H,37,38)(H2,32,33,34,36);. The molecule has 280 valence electrons. The number of pyridine rings is 1. The molecule has 13 nitrogen and oxygen atoms in total. The predicted octanol–water partition coefficient (Wildman–Crippen LogP) is 6.27. The number of aryl methyl sites for hydroxylation is 3. The lowest BCUT2D eigenvalue weighted by atomic mass is 9.93. The van der Waals surface area contributed by atoms with Gasteiger partial charge in [0.25, 0.3) is 5.91 Å². The molecule has 1 saturated heterocycles. The Morgan fingerprint density at radius 1 is 0.906 bits per heavy atom. The Morgan fingerprint density at radius 3 is 2.25 bits per heavy atom. The van der Waals surface area contributed by atoms with Gasteiger partial charge in [0.05, 0.1) is 18.1 Å². The number of carbonyl (C=O) groups is 4. The molecule has 5 heterocycles. The molecule has 2 aliphatic heterocycles. The zero-order chi connectivity index (χ0) is 38.5. The van der Waals surface area contributed by atoms with Gasteiger partial charge in [-0.2, -0.15) is 36.4 Å². The van der Waals surface area contributed by atoms with Crippen LogP contribution in [0.3, 0.4) is 0 Å². The highest BCUT2D eigenvalue weighted by atomic mass is 35.5. The summed E-state index contributed by atoms with van der Waals surface area (Å²) < 4.78 is 67.0. The Kier molecular flexibility index (Phi) is 11.6. The molecule has 1 aromatic carbocycles. The molecule has 6 rings (SSSR count). The van der Waals surface area contributed by atoms with E-state index < -0.39 is 23.9 Å². The lowest BCUT2D eigenvalue weighted by molar-refractivity contribution is -0.193. The summed E-state index contributed by atoms with van der Waals surface area (Å²) in [6.45, 7) is 3.10. The van der Waals surface area contributed by atoms with E-state index in [2.05, 4.69) is 41.1 Å². The third kappa shape index (κ3) is 10.3. The molecule has 1 fully saturated rings. The van der Waals surface area contributed by atoms with Crippen LogP contribution in [0.15, 0.2) is 48.9 Å². The van der Waals surface area contributed by atoms with Gasteiger partial charge in [0, 0.05) is 42.8 Å². The summed E-state index contributed by atoms with van der Waals surface area (Å²) in [7, 11) is 0. The number of alkyl halides is 6. The van der Waals surface area contributed by atoms with E-state index in [0.717, 1.165) is 53.1 Å². The topological polar surface area (TPSA) is 175 Å². The van der Waals surface area contributed by atoms with Crippen molar-refractivity contribution < 1.29 is 45.5 Å². The number of carbonyl (C=O) groups excluding carboxylic acids is 4. The van der Waals surface area contributed by atoms with E-state index in [-0.39, 0.29) is 17.7 Å². The fraction of sp³-hybridized carbons (Fsp3) is 0.333. The van der Waals surface area contributed by atoms with Gasteiger partial charge in [-0.15, -0.1) is 0 Å². The number of rotatable bonds is 5. The maximum Gasteiger partial charge on any atom is 0.458 e. The second-order valence-corrected chi connectivity index (χ2v) is 12.6. The van der Waals surface area contributed by atoms with Crippen molar-refractivity contribution in [3.05, 3.63) is 76.5 Å². The molecule has 2 aliphatic rings. The number of hydrogen-bond donors (Lipinski definition) is 4. The zero-order valence-electron chi connectivity index (χ0n) is 27.7. The third-order valence-corrected chi connectivity index (χ3v) is 8.42. The molecule has 0 radical (unpaired) electrons. The van der Waals surface area contributed by atoms with Crippen molar-refractivity contribution in [1.29, 1.82) is 0 Å². The first-order valence-electron chi connectivity index (χ1n) is 15.9. The van der Waals surface area contributed by atoms with Gasteiger partial charge in [0.2, 0.25) is 11.9 Å². The van der Waals surface area contributed by atoms with E-state index in [4.69, 9.17) is 11.6 Å². The Hall–Kier alpha value is -5.59. The summed E-state index contributed by atoms with van der Waals surface area (Å²) in [5.74, 6) is -5.82. The van der Waals surface area contributed by atoms with Gasteiger partial charge < -0.3 is 20.9 Å². The average Bonchev–Trinajstić information content (AvgIpc) is 3.54. The number of nitrogens with zero attached hydrogens (tertiary/aromatic N) is 5. The Labute approximate surface area is 301 Å². The smallest absolute Gasteiger partial charge is 0.339 e. The van der Waals surface area contributed by atoms with Gasteiger partial charge >= 0.3 is 23.9 Å². The van der Waals surface area contributed by atoms with Crippen molar-refractivity contribution in [3.8, 4) is 0 Å². The number of hydrogen-bond acceptors (Lipinski definition) is 10. The van der Waals surface area contributed by atoms with Gasteiger partial charge in [0.1, 0.15) is 10.7 Å². The van der Waals surface area contributed by atoms with Crippen LogP contribution < -0.4 is 16.0 Å². The maximum absolute atomic E-state index is 13.1. The van der Waals surface area contributed by atoms with Crippen LogP contribution in [0.25, 0.3) is 0 Å². The second kappa shape index (κ2) is 16.0. The number of aromatic amines is 1. The number of fused-ring (bicyclic) bond motifs is 6. The molecule has 0 aliphatic carbocycles. The lowest BCUT2D eigenvalue weighted by Crippen LogP contribution is -2.39. The molecule has 0 unspecified atom stereocenters.